The molecule has 0 aliphatic carbocycles. The van der Waals surface area contributed by atoms with E-state index in [9.17, 15) is 28.3 Å². The van der Waals surface area contributed by atoms with E-state index in [1.54, 1.807) is 4.90 Å². The lowest BCUT2D eigenvalue weighted by Crippen LogP contribution is -2.65. The zero-order chi connectivity index (χ0) is 24.0. The topological polar surface area (TPSA) is 94.9 Å². The second-order valence-corrected chi connectivity index (χ2v) is 8.80. The summed E-state index contributed by atoms with van der Waals surface area (Å²) in [4.78, 5) is 42.6. The van der Waals surface area contributed by atoms with Gasteiger partial charge >= 0.3 is 0 Å². The zero-order valence-corrected chi connectivity index (χ0v) is 18.6. The summed E-state index contributed by atoms with van der Waals surface area (Å²) < 4.78 is 28.4. The van der Waals surface area contributed by atoms with Gasteiger partial charge in [-0.1, -0.05) is 6.07 Å². The van der Waals surface area contributed by atoms with Crippen LogP contribution in [0.15, 0.2) is 29.2 Å². The first-order chi connectivity index (χ1) is 15.6. The van der Waals surface area contributed by atoms with Crippen LogP contribution in [-0.2, 0) is 13.1 Å². The van der Waals surface area contributed by atoms with Gasteiger partial charge in [-0.15, -0.1) is 0 Å². The molecule has 1 saturated heterocycles. The Balaban J connectivity index is 1.66. The fourth-order valence-corrected chi connectivity index (χ4v) is 4.62. The predicted molar refractivity (Wildman–Crippen MR) is 116 cm³/mol. The van der Waals surface area contributed by atoms with Gasteiger partial charge in [-0.2, -0.15) is 0 Å². The summed E-state index contributed by atoms with van der Waals surface area (Å²) in [6, 6.07) is 3.06. The zero-order valence-electron chi connectivity index (χ0n) is 18.6. The van der Waals surface area contributed by atoms with E-state index in [1.807, 2.05) is 20.8 Å². The van der Waals surface area contributed by atoms with Crippen molar-refractivity contribution in [3.05, 3.63) is 63.1 Å². The monoisotopic (exact) mass is 460 g/mol. The summed E-state index contributed by atoms with van der Waals surface area (Å²) >= 11 is 0. The van der Waals surface area contributed by atoms with Crippen molar-refractivity contribution in [2.45, 2.75) is 58.5 Å². The Bertz CT molecular complexity index is 1180. The van der Waals surface area contributed by atoms with Crippen molar-refractivity contribution in [2.75, 3.05) is 6.54 Å². The summed E-state index contributed by atoms with van der Waals surface area (Å²) in [6.45, 7) is 6.80. The number of carbonyl (C=O) groups excluding carboxylic acids is 2. The van der Waals surface area contributed by atoms with Gasteiger partial charge in [0, 0.05) is 43.0 Å². The third-order valence-corrected chi connectivity index (χ3v) is 6.40. The summed E-state index contributed by atoms with van der Waals surface area (Å²) in [7, 11) is 0. The van der Waals surface area contributed by atoms with E-state index in [0.29, 0.717) is 6.07 Å². The first-order valence-corrected chi connectivity index (χ1v) is 10.9. The van der Waals surface area contributed by atoms with E-state index in [-0.39, 0.29) is 48.2 Å². The number of halogens is 2. The highest BCUT2D eigenvalue weighted by Gasteiger charge is 2.44. The standard InChI is InChI=1S/C23H26F2N4O4/c1-12(2)28-7-6-13(3)29-18(28)11-27-10-16(20(30)21(31)19(27)23(29)33)22(32)26-9-14-4-5-15(24)8-17(14)25/h4-5,8,10,12-13,18,31H,6-7,9,11H2,1-3H3,(H,26,32)/t13-,18+/m1/s1. The minimum absolute atomic E-state index is 0.0432. The highest BCUT2D eigenvalue weighted by molar-refractivity contribution is 5.99. The molecular weight excluding hydrogens is 434 g/mol. The van der Waals surface area contributed by atoms with Gasteiger partial charge in [0.1, 0.15) is 23.4 Å². The SMILES string of the molecule is CC(C)N1CC[C@@H](C)N2C(=O)c3c(O)c(=O)c(C(=O)NCc4ccc(F)cc4F)cn3C[C@@H]12. The summed E-state index contributed by atoms with van der Waals surface area (Å²) in [6.07, 6.45) is 1.76. The first-order valence-electron chi connectivity index (χ1n) is 10.9. The molecule has 0 bridgehead atoms. The van der Waals surface area contributed by atoms with Crippen molar-refractivity contribution in [2.24, 2.45) is 0 Å². The first kappa shape index (κ1) is 22.9. The molecule has 0 unspecified atom stereocenters. The molecule has 4 rings (SSSR count). The van der Waals surface area contributed by atoms with Gasteiger partial charge in [0.2, 0.25) is 5.43 Å². The van der Waals surface area contributed by atoms with Crippen molar-refractivity contribution < 1.29 is 23.5 Å². The molecule has 33 heavy (non-hydrogen) atoms. The Morgan fingerprint density at radius 3 is 2.67 bits per heavy atom. The lowest BCUT2D eigenvalue weighted by molar-refractivity contribution is -0.0454. The van der Waals surface area contributed by atoms with Crippen LogP contribution in [0.4, 0.5) is 8.78 Å². The molecular formula is C23H26F2N4O4. The van der Waals surface area contributed by atoms with Crippen LogP contribution < -0.4 is 10.7 Å². The van der Waals surface area contributed by atoms with Crippen LogP contribution in [0.3, 0.4) is 0 Å². The number of aromatic hydroxyl groups is 1. The molecule has 2 aliphatic rings. The molecule has 2 aromatic rings. The number of amides is 2. The van der Waals surface area contributed by atoms with Crippen molar-refractivity contribution in [1.29, 1.82) is 0 Å². The minimum atomic E-state index is -0.976. The molecule has 0 saturated carbocycles. The van der Waals surface area contributed by atoms with Gasteiger partial charge in [0.05, 0.1) is 6.54 Å². The average molecular weight is 460 g/mol. The summed E-state index contributed by atoms with van der Waals surface area (Å²) in [5.41, 5.74) is -1.44. The fraction of sp³-hybridized carbons (Fsp3) is 0.435. The molecule has 2 aliphatic heterocycles. The number of hydrogen-bond donors (Lipinski definition) is 2. The highest BCUT2D eigenvalue weighted by atomic mass is 19.1. The summed E-state index contributed by atoms with van der Waals surface area (Å²) in [5.74, 6) is -3.65. The summed E-state index contributed by atoms with van der Waals surface area (Å²) in [5, 5.41) is 13.0. The largest absolute Gasteiger partial charge is 0.503 e. The van der Waals surface area contributed by atoms with E-state index in [1.165, 1.54) is 16.8 Å². The normalized spacial score (nSPS) is 20.5. The van der Waals surface area contributed by atoms with E-state index in [0.717, 1.165) is 19.0 Å². The van der Waals surface area contributed by atoms with Gasteiger partial charge in [0.15, 0.2) is 11.4 Å². The molecule has 3 heterocycles. The van der Waals surface area contributed by atoms with Gasteiger partial charge in [-0.25, -0.2) is 8.78 Å². The van der Waals surface area contributed by atoms with Gasteiger partial charge in [-0.05, 0) is 33.3 Å². The second kappa shape index (κ2) is 8.58. The number of rotatable bonds is 4. The molecule has 1 aromatic heterocycles. The van der Waals surface area contributed by atoms with Crippen LogP contribution >= 0.6 is 0 Å². The lowest BCUT2D eigenvalue weighted by Gasteiger charge is -2.51. The predicted octanol–water partition coefficient (Wildman–Crippen LogP) is 2.05. The number of hydrogen-bond acceptors (Lipinski definition) is 5. The molecule has 2 N–H and O–H groups in total. The van der Waals surface area contributed by atoms with Gasteiger partial charge in [-0.3, -0.25) is 19.3 Å². The van der Waals surface area contributed by atoms with Crippen LogP contribution in [0, 0.1) is 11.6 Å². The average Bonchev–Trinajstić information content (AvgIpc) is 2.75. The molecule has 0 spiro atoms. The highest BCUT2D eigenvalue weighted by Crippen LogP contribution is 2.31. The Morgan fingerprint density at radius 1 is 1.27 bits per heavy atom. The van der Waals surface area contributed by atoms with Crippen molar-refractivity contribution in [1.82, 2.24) is 19.7 Å². The second-order valence-electron chi connectivity index (χ2n) is 8.80. The Kier molecular flexibility index (Phi) is 5.96. The minimum Gasteiger partial charge on any atom is -0.503 e. The van der Waals surface area contributed by atoms with Gasteiger partial charge < -0.3 is 19.9 Å². The number of aromatic nitrogens is 1. The van der Waals surface area contributed by atoms with Crippen LogP contribution in [-0.4, -0.2) is 56.1 Å². The molecule has 0 radical (unpaired) electrons. The van der Waals surface area contributed by atoms with Crippen molar-refractivity contribution in [3.63, 3.8) is 0 Å². The molecule has 10 heteroatoms. The van der Waals surface area contributed by atoms with Crippen molar-refractivity contribution >= 4 is 11.8 Å². The Labute approximate surface area is 189 Å². The third-order valence-electron chi connectivity index (χ3n) is 6.40. The Hall–Kier alpha value is -3.27. The number of nitrogens with zero attached hydrogens (tertiary/aromatic N) is 3. The number of benzene rings is 1. The quantitative estimate of drug-likeness (QED) is 0.728. The fourth-order valence-electron chi connectivity index (χ4n) is 4.62. The molecule has 176 valence electrons. The molecule has 2 atom stereocenters. The van der Waals surface area contributed by atoms with E-state index >= 15 is 0 Å². The smallest absolute Gasteiger partial charge is 0.276 e. The van der Waals surface area contributed by atoms with Crippen LogP contribution in [0.5, 0.6) is 5.75 Å². The molecule has 1 fully saturated rings. The van der Waals surface area contributed by atoms with Gasteiger partial charge in [0.25, 0.3) is 11.8 Å². The lowest BCUT2D eigenvalue weighted by atomic mass is 10.0. The number of carbonyl (C=O) groups is 2. The number of nitrogens with one attached hydrogen (secondary N) is 1. The molecule has 2 amide bonds. The van der Waals surface area contributed by atoms with Crippen LogP contribution in [0.1, 0.15) is 53.6 Å². The maximum Gasteiger partial charge on any atom is 0.276 e. The molecule has 1 aromatic carbocycles. The number of pyridine rings is 1. The maximum absolute atomic E-state index is 13.9. The number of fused-ring (bicyclic) bond motifs is 2. The molecule has 8 nitrogen and oxygen atoms in total. The van der Waals surface area contributed by atoms with E-state index in [4.69, 9.17) is 0 Å². The Morgan fingerprint density at radius 2 is 2.00 bits per heavy atom. The van der Waals surface area contributed by atoms with E-state index < -0.39 is 34.6 Å². The van der Waals surface area contributed by atoms with Crippen molar-refractivity contribution in [3.8, 4) is 5.75 Å². The van der Waals surface area contributed by atoms with Crippen LogP contribution in [0.25, 0.3) is 0 Å². The maximum atomic E-state index is 13.9. The third kappa shape index (κ3) is 3.99. The van der Waals surface area contributed by atoms with E-state index in [2.05, 4.69) is 10.2 Å². The van der Waals surface area contributed by atoms with Crippen LogP contribution in [0.2, 0.25) is 0 Å².